The van der Waals surface area contributed by atoms with Crippen molar-refractivity contribution in [2.24, 2.45) is 0 Å². The van der Waals surface area contributed by atoms with Gasteiger partial charge in [-0.2, -0.15) is 0 Å². The lowest BCUT2D eigenvalue weighted by molar-refractivity contribution is 0.0693. The number of imidazole rings is 1. The van der Waals surface area contributed by atoms with E-state index in [4.69, 9.17) is 5.11 Å². The number of anilines is 1. The molecule has 32 heavy (non-hydrogen) atoms. The van der Waals surface area contributed by atoms with Crippen LogP contribution in [0.2, 0.25) is 0 Å². The van der Waals surface area contributed by atoms with Crippen molar-refractivity contribution >= 4 is 27.2 Å². The number of hydrogen-bond donors (Lipinski definition) is 2. The molecule has 164 valence electrons. The zero-order chi connectivity index (χ0) is 23.2. The van der Waals surface area contributed by atoms with E-state index in [2.05, 4.69) is 9.97 Å². The highest BCUT2D eigenvalue weighted by molar-refractivity contribution is 7.92. The van der Waals surface area contributed by atoms with E-state index in [0.717, 1.165) is 24.4 Å². The molecule has 0 saturated heterocycles. The standard InChI is InChI=1S/C20H13F3N4O4S/c1-10-16(6-12(21)7-24-10)32(30,31)26-14-4-3-13(22)17(18(14)23)11-2-5-15-19(20(28)29)25-9-27(15)8-11/h2-9,26H,1H3,(H,28,29). The smallest absolute Gasteiger partial charge is 0.356 e. The number of fused-ring (bicyclic) bond motifs is 1. The SMILES string of the molecule is Cc1ncc(F)cc1S(=O)(=O)Nc1ccc(F)c(-c2ccc3c(C(=O)O)ncn3c2)c1F. The highest BCUT2D eigenvalue weighted by Crippen LogP contribution is 2.32. The predicted octanol–water partition coefficient (Wildman–Crippen LogP) is 3.62. The van der Waals surface area contributed by atoms with E-state index < -0.39 is 49.6 Å². The first kappa shape index (κ1) is 21.3. The summed E-state index contributed by atoms with van der Waals surface area (Å²) in [5, 5.41) is 9.13. The van der Waals surface area contributed by atoms with Crippen molar-refractivity contribution in [3.8, 4) is 11.1 Å². The Kier molecular flexibility index (Phi) is 5.09. The molecular formula is C20H13F3N4O4S. The number of carbonyl (C=O) groups is 1. The van der Waals surface area contributed by atoms with Crippen LogP contribution in [0.15, 0.2) is 53.9 Å². The van der Waals surface area contributed by atoms with Gasteiger partial charge in [0, 0.05) is 11.8 Å². The number of carboxylic acids is 1. The summed E-state index contributed by atoms with van der Waals surface area (Å²) in [4.78, 5) is 18.1. The summed E-state index contributed by atoms with van der Waals surface area (Å²) in [5.74, 6) is -4.36. The van der Waals surface area contributed by atoms with Crippen LogP contribution in [0, 0.1) is 24.4 Å². The highest BCUT2D eigenvalue weighted by Gasteiger charge is 2.24. The second kappa shape index (κ2) is 7.64. The number of aromatic nitrogens is 3. The summed E-state index contributed by atoms with van der Waals surface area (Å²) in [6.45, 7) is 1.34. The number of aryl methyl sites for hydroxylation is 1. The molecule has 0 fully saturated rings. The van der Waals surface area contributed by atoms with Gasteiger partial charge < -0.3 is 9.51 Å². The molecule has 0 spiro atoms. The maximum Gasteiger partial charge on any atom is 0.356 e. The summed E-state index contributed by atoms with van der Waals surface area (Å²) < 4.78 is 71.8. The molecule has 0 atom stereocenters. The minimum atomic E-state index is -4.44. The van der Waals surface area contributed by atoms with Gasteiger partial charge in [-0.05, 0) is 31.2 Å². The molecule has 0 unspecified atom stereocenters. The van der Waals surface area contributed by atoms with Crippen LogP contribution in [-0.2, 0) is 10.0 Å². The molecule has 12 heteroatoms. The van der Waals surface area contributed by atoms with E-state index in [1.54, 1.807) is 0 Å². The number of halogens is 3. The van der Waals surface area contributed by atoms with Crippen molar-refractivity contribution in [3.05, 3.63) is 77.9 Å². The molecule has 1 aromatic carbocycles. The van der Waals surface area contributed by atoms with Crippen molar-refractivity contribution in [1.29, 1.82) is 0 Å². The Morgan fingerprint density at radius 2 is 1.88 bits per heavy atom. The van der Waals surface area contributed by atoms with Gasteiger partial charge in [-0.15, -0.1) is 0 Å². The van der Waals surface area contributed by atoms with Crippen LogP contribution in [0.3, 0.4) is 0 Å². The Morgan fingerprint density at radius 1 is 1.12 bits per heavy atom. The lowest BCUT2D eigenvalue weighted by Gasteiger charge is -2.14. The van der Waals surface area contributed by atoms with Crippen molar-refractivity contribution in [2.45, 2.75) is 11.8 Å². The molecule has 3 aromatic heterocycles. The van der Waals surface area contributed by atoms with E-state index >= 15 is 4.39 Å². The Hall–Kier alpha value is -3.93. The summed E-state index contributed by atoms with van der Waals surface area (Å²) in [5.41, 5.74) is -1.16. The average molecular weight is 462 g/mol. The fourth-order valence-corrected chi connectivity index (χ4v) is 4.44. The quantitative estimate of drug-likeness (QED) is 0.468. The Bertz CT molecular complexity index is 1500. The number of sulfonamides is 1. The molecule has 0 aliphatic heterocycles. The van der Waals surface area contributed by atoms with Gasteiger partial charge >= 0.3 is 5.97 Å². The van der Waals surface area contributed by atoms with Gasteiger partial charge in [0.15, 0.2) is 11.5 Å². The largest absolute Gasteiger partial charge is 0.476 e. The van der Waals surface area contributed by atoms with Gasteiger partial charge in [-0.3, -0.25) is 9.71 Å². The van der Waals surface area contributed by atoms with Gasteiger partial charge in [-0.25, -0.2) is 31.4 Å². The third-order valence-electron chi connectivity index (χ3n) is 4.65. The second-order valence-electron chi connectivity index (χ2n) is 6.74. The topological polar surface area (TPSA) is 114 Å². The number of benzene rings is 1. The second-order valence-corrected chi connectivity index (χ2v) is 8.39. The van der Waals surface area contributed by atoms with Crippen LogP contribution >= 0.6 is 0 Å². The van der Waals surface area contributed by atoms with E-state index in [9.17, 15) is 22.0 Å². The van der Waals surface area contributed by atoms with Crippen molar-refractivity contribution in [2.75, 3.05) is 4.72 Å². The van der Waals surface area contributed by atoms with Crippen molar-refractivity contribution in [3.63, 3.8) is 0 Å². The average Bonchev–Trinajstić information content (AvgIpc) is 3.15. The monoisotopic (exact) mass is 462 g/mol. The van der Waals surface area contributed by atoms with Crippen LogP contribution in [-0.4, -0.2) is 33.9 Å². The third-order valence-corrected chi connectivity index (χ3v) is 6.14. The zero-order valence-electron chi connectivity index (χ0n) is 16.2. The lowest BCUT2D eigenvalue weighted by atomic mass is 10.1. The molecule has 0 amide bonds. The fraction of sp³-hybridized carbons (Fsp3) is 0.0500. The first-order chi connectivity index (χ1) is 15.1. The highest BCUT2D eigenvalue weighted by atomic mass is 32.2. The summed E-state index contributed by atoms with van der Waals surface area (Å²) in [6, 6.07) is 5.10. The van der Waals surface area contributed by atoms with Crippen LogP contribution in [0.1, 0.15) is 16.2 Å². The van der Waals surface area contributed by atoms with E-state index in [-0.39, 0.29) is 22.5 Å². The summed E-state index contributed by atoms with van der Waals surface area (Å²) >= 11 is 0. The number of nitrogens with one attached hydrogen (secondary N) is 1. The maximum atomic E-state index is 15.2. The predicted molar refractivity (Wildman–Crippen MR) is 107 cm³/mol. The number of aromatic carboxylic acids is 1. The van der Waals surface area contributed by atoms with Gasteiger partial charge in [0.25, 0.3) is 10.0 Å². The Balaban J connectivity index is 1.79. The minimum Gasteiger partial charge on any atom is -0.476 e. The number of rotatable bonds is 5. The molecule has 0 radical (unpaired) electrons. The number of nitrogens with zero attached hydrogens (tertiary/aromatic N) is 3. The van der Waals surface area contributed by atoms with Crippen LogP contribution in [0.5, 0.6) is 0 Å². The molecule has 4 aromatic rings. The summed E-state index contributed by atoms with van der Waals surface area (Å²) in [7, 11) is -4.44. The van der Waals surface area contributed by atoms with Crippen molar-refractivity contribution in [1.82, 2.24) is 14.4 Å². The Labute approximate surface area is 179 Å². The normalized spacial score (nSPS) is 11.6. The number of carboxylic acid groups (broad SMARTS) is 1. The molecular weight excluding hydrogens is 449 g/mol. The molecule has 8 nitrogen and oxygen atoms in total. The molecule has 0 bridgehead atoms. The van der Waals surface area contributed by atoms with E-state index in [1.165, 1.54) is 36.0 Å². The van der Waals surface area contributed by atoms with Gasteiger partial charge in [-0.1, -0.05) is 6.07 Å². The number of hydrogen-bond acceptors (Lipinski definition) is 5. The van der Waals surface area contributed by atoms with Gasteiger partial charge in [0.2, 0.25) is 0 Å². The van der Waals surface area contributed by atoms with Crippen LogP contribution in [0.4, 0.5) is 18.9 Å². The van der Waals surface area contributed by atoms with Crippen LogP contribution in [0.25, 0.3) is 16.6 Å². The van der Waals surface area contributed by atoms with Gasteiger partial charge in [0.1, 0.15) is 22.9 Å². The lowest BCUT2D eigenvalue weighted by Crippen LogP contribution is -2.16. The zero-order valence-corrected chi connectivity index (χ0v) is 17.0. The molecule has 0 aliphatic rings. The summed E-state index contributed by atoms with van der Waals surface area (Å²) in [6.07, 6.45) is 3.27. The van der Waals surface area contributed by atoms with Gasteiger partial charge in [0.05, 0.1) is 28.7 Å². The molecule has 2 N–H and O–H groups in total. The van der Waals surface area contributed by atoms with E-state index in [0.29, 0.717) is 0 Å². The first-order valence-electron chi connectivity index (χ1n) is 8.92. The van der Waals surface area contributed by atoms with E-state index in [1.807, 2.05) is 4.72 Å². The first-order valence-corrected chi connectivity index (χ1v) is 10.4. The van der Waals surface area contributed by atoms with Crippen molar-refractivity contribution < 1.29 is 31.5 Å². The van der Waals surface area contributed by atoms with Crippen LogP contribution < -0.4 is 4.72 Å². The molecule has 0 saturated carbocycles. The fourth-order valence-electron chi connectivity index (χ4n) is 3.17. The third kappa shape index (κ3) is 3.64. The maximum absolute atomic E-state index is 15.2. The number of pyridine rings is 2. The minimum absolute atomic E-state index is 0.00601. The Morgan fingerprint density at radius 3 is 2.59 bits per heavy atom. The molecule has 3 heterocycles. The molecule has 4 rings (SSSR count). The molecule has 0 aliphatic carbocycles.